The minimum atomic E-state index is 0.874. The van der Waals surface area contributed by atoms with Gasteiger partial charge in [-0.3, -0.25) is 0 Å². The van der Waals surface area contributed by atoms with Gasteiger partial charge in [0.25, 0.3) is 0 Å². The highest BCUT2D eigenvalue weighted by Crippen LogP contribution is 2.29. The Labute approximate surface area is 77.1 Å². The van der Waals surface area contributed by atoms with E-state index in [2.05, 4.69) is 25.8 Å². The Bertz CT molecular complexity index is 116. The van der Waals surface area contributed by atoms with Crippen LogP contribution >= 0.6 is 0 Å². The molecule has 1 aliphatic rings. The Morgan fingerprint density at radius 3 is 2.50 bits per heavy atom. The van der Waals surface area contributed by atoms with E-state index in [9.17, 15) is 0 Å². The normalized spacial score (nSPS) is 17.8. The first-order valence-electron chi connectivity index (χ1n) is 5.37. The molecule has 1 aliphatic carbocycles. The van der Waals surface area contributed by atoms with Crippen molar-refractivity contribution in [2.45, 2.75) is 39.5 Å². The molecule has 1 saturated carbocycles. The minimum absolute atomic E-state index is 0.874. The van der Waals surface area contributed by atoms with Crippen LogP contribution in [0.5, 0.6) is 0 Å². The molecular formula is C11H23N. The van der Waals surface area contributed by atoms with Crippen molar-refractivity contribution in [1.82, 2.24) is 4.90 Å². The van der Waals surface area contributed by atoms with Gasteiger partial charge in [0.05, 0.1) is 0 Å². The highest BCUT2D eigenvalue weighted by molar-refractivity contribution is 4.75. The molecule has 0 radical (unpaired) electrons. The fourth-order valence-electron chi connectivity index (χ4n) is 1.60. The fraction of sp³-hybridized carbons (Fsp3) is 1.00. The van der Waals surface area contributed by atoms with Gasteiger partial charge in [0.1, 0.15) is 0 Å². The molecule has 0 heterocycles. The molecule has 0 bridgehead atoms. The van der Waals surface area contributed by atoms with Crippen LogP contribution in [0.1, 0.15) is 39.5 Å². The lowest BCUT2D eigenvalue weighted by Gasteiger charge is -2.16. The lowest BCUT2D eigenvalue weighted by atomic mass is 10.1. The summed E-state index contributed by atoms with van der Waals surface area (Å²) in [6.45, 7) is 7.26. The third-order valence-corrected chi connectivity index (χ3v) is 2.59. The number of hydrogen-bond acceptors (Lipinski definition) is 1. The molecule has 0 aromatic carbocycles. The summed E-state index contributed by atoms with van der Waals surface area (Å²) in [4.78, 5) is 2.50. The van der Waals surface area contributed by atoms with Crippen LogP contribution in [0.3, 0.4) is 0 Å². The van der Waals surface area contributed by atoms with E-state index >= 15 is 0 Å². The van der Waals surface area contributed by atoms with E-state index in [-0.39, 0.29) is 0 Å². The van der Waals surface area contributed by atoms with Crippen LogP contribution in [0.4, 0.5) is 0 Å². The first-order valence-corrected chi connectivity index (χ1v) is 5.37. The molecule has 0 saturated heterocycles. The third-order valence-electron chi connectivity index (χ3n) is 2.59. The largest absolute Gasteiger partial charge is 0.306 e. The summed E-state index contributed by atoms with van der Waals surface area (Å²) < 4.78 is 0. The Morgan fingerprint density at radius 2 is 2.00 bits per heavy atom. The van der Waals surface area contributed by atoms with Crippen LogP contribution in [0.15, 0.2) is 0 Å². The van der Waals surface area contributed by atoms with Gasteiger partial charge >= 0.3 is 0 Å². The van der Waals surface area contributed by atoms with Crippen molar-refractivity contribution in [3.05, 3.63) is 0 Å². The molecular weight excluding hydrogens is 146 g/mol. The Hall–Kier alpha value is -0.0400. The SMILES string of the molecule is CC(C)CCCN(C)CC1CC1. The summed E-state index contributed by atoms with van der Waals surface area (Å²) in [5.41, 5.74) is 0. The molecule has 0 spiro atoms. The number of hydrogen-bond donors (Lipinski definition) is 0. The second kappa shape index (κ2) is 4.86. The first-order chi connectivity index (χ1) is 5.68. The van der Waals surface area contributed by atoms with Crippen molar-refractivity contribution < 1.29 is 0 Å². The van der Waals surface area contributed by atoms with Crippen molar-refractivity contribution in [3.8, 4) is 0 Å². The van der Waals surface area contributed by atoms with Gasteiger partial charge in [-0.05, 0) is 51.1 Å². The molecule has 0 amide bonds. The van der Waals surface area contributed by atoms with E-state index in [0.717, 1.165) is 11.8 Å². The number of rotatable bonds is 6. The van der Waals surface area contributed by atoms with Crippen LogP contribution < -0.4 is 0 Å². The molecule has 1 rings (SSSR count). The molecule has 1 fully saturated rings. The highest BCUT2D eigenvalue weighted by atomic mass is 15.1. The topological polar surface area (TPSA) is 3.24 Å². The van der Waals surface area contributed by atoms with Crippen LogP contribution in [0.2, 0.25) is 0 Å². The summed E-state index contributed by atoms with van der Waals surface area (Å²) in [5, 5.41) is 0. The summed E-state index contributed by atoms with van der Waals surface area (Å²) in [6.07, 6.45) is 5.72. The predicted octanol–water partition coefficient (Wildman–Crippen LogP) is 2.76. The van der Waals surface area contributed by atoms with Gasteiger partial charge < -0.3 is 4.90 Å². The maximum Gasteiger partial charge on any atom is 0.000661 e. The second-order valence-corrected chi connectivity index (χ2v) is 4.74. The minimum Gasteiger partial charge on any atom is -0.306 e. The molecule has 0 N–H and O–H groups in total. The Kier molecular flexibility index (Phi) is 4.07. The molecule has 0 aromatic heterocycles. The maximum absolute atomic E-state index is 2.50. The summed E-state index contributed by atoms with van der Waals surface area (Å²) in [5.74, 6) is 1.92. The van der Waals surface area contributed by atoms with Gasteiger partial charge in [0, 0.05) is 6.54 Å². The van der Waals surface area contributed by atoms with Gasteiger partial charge in [-0.1, -0.05) is 13.8 Å². The van der Waals surface area contributed by atoms with Gasteiger partial charge in [-0.2, -0.15) is 0 Å². The molecule has 0 aromatic rings. The molecule has 0 atom stereocenters. The molecule has 12 heavy (non-hydrogen) atoms. The number of nitrogens with zero attached hydrogens (tertiary/aromatic N) is 1. The quantitative estimate of drug-likeness (QED) is 0.591. The van der Waals surface area contributed by atoms with Crippen LogP contribution in [0, 0.1) is 11.8 Å². The van der Waals surface area contributed by atoms with Crippen LogP contribution in [0.25, 0.3) is 0 Å². The smallest absolute Gasteiger partial charge is 0.000661 e. The fourth-order valence-corrected chi connectivity index (χ4v) is 1.60. The standard InChI is InChI=1S/C11H23N/c1-10(2)5-4-8-12(3)9-11-6-7-11/h10-11H,4-9H2,1-3H3. The predicted molar refractivity (Wildman–Crippen MR) is 54.3 cm³/mol. The van der Waals surface area contributed by atoms with Crippen molar-refractivity contribution in [3.63, 3.8) is 0 Å². The van der Waals surface area contributed by atoms with Crippen molar-refractivity contribution in [2.24, 2.45) is 11.8 Å². The van der Waals surface area contributed by atoms with Crippen molar-refractivity contribution >= 4 is 0 Å². The molecule has 72 valence electrons. The van der Waals surface area contributed by atoms with Crippen molar-refractivity contribution in [1.29, 1.82) is 0 Å². The molecule has 1 heteroatoms. The zero-order chi connectivity index (χ0) is 8.97. The van der Waals surface area contributed by atoms with E-state index < -0.39 is 0 Å². The van der Waals surface area contributed by atoms with Crippen molar-refractivity contribution in [2.75, 3.05) is 20.1 Å². The van der Waals surface area contributed by atoms with E-state index in [4.69, 9.17) is 0 Å². The van der Waals surface area contributed by atoms with Crippen LogP contribution in [-0.4, -0.2) is 25.0 Å². The third kappa shape index (κ3) is 4.76. The summed E-state index contributed by atoms with van der Waals surface area (Å²) >= 11 is 0. The van der Waals surface area contributed by atoms with E-state index in [0.29, 0.717) is 0 Å². The Morgan fingerprint density at radius 1 is 1.33 bits per heavy atom. The summed E-state index contributed by atoms with van der Waals surface area (Å²) in [6, 6.07) is 0. The van der Waals surface area contributed by atoms with E-state index in [1.807, 2.05) is 0 Å². The van der Waals surface area contributed by atoms with Crippen LogP contribution in [-0.2, 0) is 0 Å². The average Bonchev–Trinajstić information content (AvgIpc) is 2.70. The van der Waals surface area contributed by atoms with E-state index in [1.165, 1.54) is 38.8 Å². The van der Waals surface area contributed by atoms with E-state index in [1.54, 1.807) is 0 Å². The molecule has 0 aliphatic heterocycles. The zero-order valence-electron chi connectivity index (χ0n) is 8.84. The maximum atomic E-state index is 2.50. The lowest BCUT2D eigenvalue weighted by molar-refractivity contribution is 0.306. The van der Waals surface area contributed by atoms with Gasteiger partial charge in [0.2, 0.25) is 0 Å². The van der Waals surface area contributed by atoms with Gasteiger partial charge in [0.15, 0.2) is 0 Å². The monoisotopic (exact) mass is 169 g/mol. The van der Waals surface area contributed by atoms with Gasteiger partial charge in [-0.15, -0.1) is 0 Å². The lowest BCUT2D eigenvalue weighted by Crippen LogP contribution is -2.22. The van der Waals surface area contributed by atoms with Gasteiger partial charge in [-0.25, -0.2) is 0 Å². The highest BCUT2D eigenvalue weighted by Gasteiger charge is 2.22. The molecule has 1 nitrogen and oxygen atoms in total. The summed E-state index contributed by atoms with van der Waals surface area (Å²) in [7, 11) is 2.26. The average molecular weight is 169 g/mol. The Balaban J connectivity index is 1.90. The molecule has 0 unspecified atom stereocenters. The zero-order valence-corrected chi connectivity index (χ0v) is 8.84. The first kappa shape index (κ1) is 10.0. The second-order valence-electron chi connectivity index (χ2n) is 4.74.